The van der Waals surface area contributed by atoms with Crippen molar-refractivity contribution in [1.29, 1.82) is 0 Å². The fraction of sp³-hybridized carbons (Fsp3) is 0.562. The number of aryl methyl sites for hydroxylation is 1. The Labute approximate surface area is 136 Å². The third-order valence-corrected chi connectivity index (χ3v) is 5.99. The zero-order chi connectivity index (χ0) is 17.2. The van der Waals surface area contributed by atoms with Crippen molar-refractivity contribution in [3.8, 4) is 0 Å². The lowest BCUT2D eigenvalue weighted by Gasteiger charge is -2.32. The highest BCUT2D eigenvalue weighted by atomic mass is 32.2. The quantitative estimate of drug-likeness (QED) is 0.911. The maximum Gasteiger partial charge on any atom is 0.243 e. The fourth-order valence-electron chi connectivity index (χ4n) is 2.54. The van der Waals surface area contributed by atoms with Gasteiger partial charge in [0.25, 0.3) is 0 Å². The molecule has 0 bridgehead atoms. The van der Waals surface area contributed by atoms with E-state index in [9.17, 15) is 17.6 Å². The van der Waals surface area contributed by atoms with Gasteiger partial charge in [-0.25, -0.2) is 12.8 Å². The molecule has 0 radical (unpaired) electrons. The van der Waals surface area contributed by atoms with Crippen molar-refractivity contribution in [1.82, 2.24) is 9.62 Å². The lowest BCUT2D eigenvalue weighted by Crippen LogP contribution is -2.47. The number of halogens is 1. The van der Waals surface area contributed by atoms with Crippen molar-refractivity contribution in [2.75, 3.05) is 13.1 Å². The van der Waals surface area contributed by atoms with E-state index in [-0.39, 0.29) is 22.8 Å². The second-order valence-electron chi connectivity index (χ2n) is 6.25. The molecule has 2 rings (SSSR count). The second kappa shape index (κ2) is 6.97. The minimum atomic E-state index is -3.62. The van der Waals surface area contributed by atoms with Gasteiger partial charge in [-0.15, -0.1) is 0 Å². The molecule has 7 heteroatoms. The van der Waals surface area contributed by atoms with Gasteiger partial charge in [-0.05, 0) is 43.5 Å². The summed E-state index contributed by atoms with van der Waals surface area (Å²) in [5.41, 5.74) is 0.310. The molecule has 1 amide bonds. The standard InChI is InChI=1S/C16H23FN2O3S/c1-11(2)16(20)18-13-6-8-19(9-7-13)23(21,22)14-4-5-15(17)12(3)10-14/h4-5,10-11,13H,6-9H2,1-3H3,(H,18,20). The van der Waals surface area contributed by atoms with Gasteiger partial charge >= 0.3 is 0 Å². The van der Waals surface area contributed by atoms with Gasteiger partial charge in [0.1, 0.15) is 5.82 Å². The molecule has 1 aliphatic rings. The Morgan fingerprint density at radius 1 is 1.30 bits per heavy atom. The molecular formula is C16H23FN2O3S. The van der Waals surface area contributed by atoms with Gasteiger partial charge in [-0.2, -0.15) is 4.31 Å². The van der Waals surface area contributed by atoms with Crippen molar-refractivity contribution < 1.29 is 17.6 Å². The molecule has 1 saturated heterocycles. The van der Waals surface area contributed by atoms with Crippen LogP contribution in [-0.4, -0.2) is 37.8 Å². The SMILES string of the molecule is Cc1cc(S(=O)(=O)N2CCC(NC(=O)C(C)C)CC2)ccc1F. The molecule has 0 aromatic heterocycles. The van der Waals surface area contributed by atoms with E-state index in [2.05, 4.69) is 5.32 Å². The Morgan fingerprint density at radius 3 is 2.43 bits per heavy atom. The van der Waals surface area contributed by atoms with Crippen molar-refractivity contribution in [2.24, 2.45) is 5.92 Å². The Morgan fingerprint density at radius 2 is 1.91 bits per heavy atom. The number of hydrogen-bond acceptors (Lipinski definition) is 3. The predicted octanol–water partition coefficient (Wildman–Crippen LogP) is 2.06. The van der Waals surface area contributed by atoms with Gasteiger partial charge in [-0.3, -0.25) is 4.79 Å². The number of hydrogen-bond donors (Lipinski definition) is 1. The average Bonchev–Trinajstić information content (AvgIpc) is 2.50. The highest BCUT2D eigenvalue weighted by Crippen LogP contribution is 2.22. The van der Waals surface area contributed by atoms with E-state index in [0.717, 1.165) is 0 Å². The molecular weight excluding hydrogens is 319 g/mol. The van der Waals surface area contributed by atoms with E-state index in [1.807, 2.05) is 13.8 Å². The molecule has 0 spiro atoms. The highest BCUT2D eigenvalue weighted by molar-refractivity contribution is 7.89. The van der Waals surface area contributed by atoms with Gasteiger partial charge in [0, 0.05) is 25.0 Å². The summed E-state index contributed by atoms with van der Waals surface area (Å²) >= 11 is 0. The molecule has 1 N–H and O–H groups in total. The van der Waals surface area contributed by atoms with E-state index in [4.69, 9.17) is 0 Å². The van der Waals surface area contributed by atoms with Crippen LogP contribution in [-0.2, 0) is 14.8 Å². The summed E-state index contributed by atoms with van der Waals surface area (Å²) < 4.78 is 39.9. The van der Waals surface area contributed by atoms with Crippen LogP contribution in [0.1, 0.15) is 32.3 Å². The van der Waals surface area contributed by atoms with Crippen LogP contribution in [0.3, 0.4) is 0 Å². The summed E-state index contributed by atoms with van der Waals surface area (Å²) in [4.78, 5) is 11.8. The van der Waals surface area contributed by atoms with Crippen LogP contribution in [0.4, 0.5) is 4.39 Å². The smallest absolute Gasteiger partial charge is 0.243 e. The zero-order valence-corrected chi connectivity index (χ0v) is 14.5. The predicted molar refractivity (Wildman–Crippen MR) is 85.9 cm³/mol. The van der Waals surface area contributed by atoms with Gasteiger partial charge in [-0.1, -0.05) is 13.8 Å². The lowest BCUT2D eigenvalue weighted by molar-refractivity contribution is -0.124. The lowest BCUT2D eigenvalue weighted by atomic mass is 10.1. The molecule has 5 nitrogen and oxygen atoms in total. The van der Waals surface area contributed by atoms with E-state index in [1.54, 1.807) is 6.92 Å². The monoisotopic (exact) mass is 342 g/mol. The molecule has 1 aromatic carbocycles. The average molecular weight is 342 g/mol. The number of carbonyl (C=O) groups is 1. The number of carbonyl (C=O) groups excluding carboxylic acids is 1. The molecule has 23 heavy (non-hydrogen) atoms. The summed E-state index contributed by atoms with van der Waals surface area (Å²) in [5.74, 6) is -0.515. The molecule has 0 atom stereocenters. The number of nitrogens with zero attached hydrogens (tertiary/aromatic N) is 1. The topological polar surface area (TPSA) is 66.5 Å². The fourth-order valence-corrected chi connectivity index (χ4v) is 4.09. The maximum absolute atomic E-state index is 13.3. The first kappa shape index (κ1) is 17.9. The van der Waals surface area contributed by atoms with Crippen molar-refractivity contribution >= 4 is 15.9 Å². The summed E-state index contributed by atoms with van der Waals surface area (Å²) in [6.07, 6.45) is 1.16. The number of nitrogens with one attached hydrogen (secondary N) is 1. The Hall–Kier alpha value is -1.47. The Balaban J connectivity index is 2.03. The van der Waals surface area contributed by atoms with Gasteiger partial charge in [0.2, 0.25) is 15.9 Å². The summed E-state index contributed by atoms with van der Waals surface area (Å²) in [7, 11) is -3.62. The van der Waals surface area contributed by atoms with Crippen LogP contribution in [0, 0.1) is 18.7 Å². The van der Waals surface area contributed by atoms with Crippen LogP contribution >= 0.6 is 0 Å². The van der Waals surface area contributed by atoms with E-state index < -0.39 is 15.8 Å². The number of sulfonamides is 1. The molecule has 0 unspecified atom stereocenters. The number of piperidine rings is 1. The van der Waals surface area contributed by atoms with E-state index >= 15 is 0 Å². The first-order chi connectivity index (χ1) is 10.7. The molecule has 1 heterocycles. The van der Waals surface area contributed by atoms with Crippen molar-refractivity contribution in [2.45, 2.75) is 44.6 Å². The van der Waals surface area contributed by atoms with Crippen LogP contribution in [0.15, 0.2) is 23.1 Å². The molecule has 1 aliphatic heterocycles. The molecule has 0 saturated carbocycles. The third kappa shape index (κ3) is 4.09. The highest BCUT2D eigenvalue weighted by Gasteiger charge is 2.30. The van der Waals surface area contributed by atoms with Crippen LogP contribution in [0.5, 0.6) is 0 Å². The van der Waals surface area contributed by atoms with Crippen LogP contribution in [0.25, 0.3) is 0 Å². The van der Waals surface area contributed by atoms with Gasteiger partial charge < -0.3 is 5.32 Å². The molecule has 1 aromatic rings. The summed E-state index contributed by atoms with van der Waals surface area (Å²) in [6, 6.07) is 3.84. The maximum atomic E-state index is 13.3. The normalized spacial score (nSPS) is 17.4. The summed E-state index contributed by atoms with van der Waals surface area (Å²) in [6.45, 7) is 5.89. The van der Waals surface area contributed by atoms with Crippen molar-refractivity contribution in [3.63, 3.8) is 0 Å². The minimum Gasteiger partial charge on any atom is -0.353 e. The van der Waals surface area contributed by atoms with E-state index in [1.165, 1.54) is 22.5 Å². The minimum absolute atomic E-state index is 0.00584. The molecule has 1 fully saturated rings. The van der Waals surface area contributed by atoms with Crippen LogP contribution in [0.2, 0.25) is 0 Å². The number of rotatable bonds is 4. The first-order valence-electron chi connectivity index (χ1n) is 7.78. The van der Waals surface area contributed by atoms with Gasteiger partial charge in [0.15, 0.2) is 0 Å². The van der Waals surface area contributed by atoms with E-state index in [0.29, 0.717) is 31.5 Å². The number of amides is 1. The van der Waals surface area contributed by atoms with Crippen molar-refractivity contribution in [3.05, 3.63) is 29.6 Å². The zero-order valence-electron chi connectivity index (χ0n) is 13.7. The Bertz CT molecular complexity index is 681. The Kier molecular flexibility index (Phi) is 5.41. The first-order valence-corrected chi connectivity index (χ1v) is 9.22. The van der Waals surface area contributed by atoms with Crippen LogP contribution < -0.4 is 5.32 Å². The van der Waals surface area contributed by atoms with Gasteiger partial charge in [0.05, 0.1) is 4.90 Å². The largest absolute Gasteiger partial charge is 0.353 e. The summed E-state index contributed by atoms with van der Waals surface area (Å²) in [5, 5.41) is 2.94. The molecule has 128 valence electrons. The second-order valence-corrected chi connectivity index (χ2v) is 8.19. The third-order valence-electron chi connectivity index (χ3n) is 4.09. The molecule has 0 aliphatic carbocycles. The number of benzene rings is 1.